The molecule has 4 rings (SSSR count). The number of nitrogens with one attached hydrogen (secondary N) is 1. The summed E-state index contributed by atoms with van der Waals surface area (Å²) < 4.78 is 33.7. The maximum absolute atomic E-state index is 13.0. The van der Waals surface area contributed by atoms with Gasteiger partial charge in [-0.1, -0.05) is 6.07 Å². The second-order valence-electron chi connectivity index (χ2n) is 7.79. The number of benzene rings is 1. The number of fused-ring (bicyclic) bond motifs is 1. The molecular formula is C21H25N3O4S. The fourth-order valence-corrected chi connectivity index (χ4v) is 5.04. The zero-order valence-corrected chi connectivity index (χ0v) is 17.2. The first-order valence-corrected chi connectivity index (χ1v) is 11.3. The van der Waals surface area contributed by atoms with Crippen molar-refractivity contribution in [3.05, 3.63) is 53.9 Å². The fraction of sp³-hybridized carbons (Fsp3) is 0.429. The van der Waals surface area contributed by atoms with Gasteiger partial charge in [0, 0.05) is 25.9 Å². The van der Waals surface area contributed by atoms with Crippen molar-refractivity contribution in [1.82, 2.24) is 9.88 Å². The number of nitrogens with zero attached hydrogens (tertiary/aromatic N) is 2. The number of aromatic nitrogens is 1. The van der Waals surface area contributed by atoms with Crippen molar-refractivity contribution < 1.29 is 17.9 Å². The van der Waals surface area contributed by atoms with Crippen molar-refractivity contribution in [3.8, 4) is 0 Å². The van der Waals surface area contributed by atoms with Crippen LogP contribution in [0.1, 0.15) is 37.3 Å². The second-order valence-corrected chi connectivity index (χ2v) is 9.47. The third kappa shape index (κ3) is 4.13. The number of amides is 1. The van der Waals surface area contributed by atoms with Gasteiger partial charge >= 0.3 is 0 Å². The number of hydrogen-bond donors (Lipinski definition) is 1. The molecule has 0 aliphatic carbocycles. The SMILES string of the molecule is CC1(C(=O)N2CCc3cc(S(=O)(=O)Nc4cccnc4)ccc3C2)CCCCO1. The van der Waals surface area contributed by atoms with E-state index in [1.807, 2.05) is 11.8 Å². The van der Waals surface area contributed by atoms with E-state index < -0.39 is 15.6 Å². The molecule has 154 valence electrons. The standard InChI is InChI=1S/C21H25N3O4S/c1-21(9-2-3-12-28-21)20(25)24-11-8-16-13-19(7-6-17(16)15-24)29(26,27)23-18-5-4-10-22-14-18/h4-7,10,13-14,23H,2-3,8-9,11-12,15H2,1H3. The highest BCUT2D eigenvalue weighted by Crippen LogP contribution is 2.30. The van der Waals surface area contributed by atoms with E-state index in [1.165, 1.54) is 6.20 Å². The molecule has 1 saturated heterocycles. The third-order valence-electron chi connectivity index (χ3n) is 5.62. The molecule has 7 nitrogen and oxygen atoms in total. The molecule has 2 aliphatic heterocycles. The van der Waals surface area contributed by atoms with Crippen LogP contribution in [0.4, 0.5) is 5.69 Å². The molecule has 1 fully saturated rings. The summed E-state index contributed by atoms with van der Waals surface area (Å²) in [5.41, 5.74) is 1.61. The van der Waals surface area contributed by atoms with E-state index >= 15 is 0 Å². The molecular weight excluding hydrogens is 390 g/mol. The molecule has 1 N–H and O–H groups in total. The molecule has 2 aromatic rings. The molecule has 1 amide bonds. The van der Waals surface area contributed by atoms with E-state index in [1.54, 1.807) is 36.5 Å². The predicted molar refractivity (Wildman–Crippen MR) is 109 cm³/mol. The van der Waals surface area contributed by atoms with Gasteiger partial charge in [-0.3, -0.25) is 14.5 Å². The molecule has 8 heteroatoms. The molecule has 1 aromatic carbocycles. The van der Waals surface area contributed by atoms with Gasteiger partial charge in [-0.05, 0) is 68.0 Å². The van der Waals surface area contributed by atoms with Crippen LogP contribution in [-0.4, -0.2) is 43.0 Å². The predicted octanol–water partition coefficient (Wildman–Crippen LogP) is 2.73. The van der Waals surface area contributed by atoms with Gasteiger partial charge in [-0.15, -0.1) is 0 Å². The number of anilines is 1. The van der Waals surface area contributed by atoms with E-state index in [-0.39, 0.29) is 10.8 Å². The lowest BCUT2D eigenvalue weighted by atomic mass is 9.92. The van der Waals surface area contributed by atoms with Crippen LogP contribution in [0.15, 0.2) is 47.6 Å². The minimum Gasteiger partial charge on any atom is -0.365 e. The molecule has 0 spiro atoms. The highest BCUT2D eigenvalue weighted by Gasteiger charge is 2.40. The Hall–Kier alpha value is -2.45. The number of carbonyl (C=O) groups is 1. The van der Waals surface area contributed by atoms with Gasteiger partial charge in [0.25, 0.3) is 15.9 Å². The lowest BCUT2D eigenvalue weighted by Gasteiger charge is -2.39. The normalized spacial score (nSPS) is 22.0. The highest BCUT2D eigenvalue weighted by atomic mass is 32.2. The van der Waals surface area contributed by atoms with Crippen LogP contribution in [0.5, 0.6) is 0 Å². The Kier molecular flexibility index (Phi) is 5.31. The minimum atomic E-state index is -3.69. The maximum atomic E-state index is 13.0. The van der Waals surface area contributed by atoms with Gasteiger partial charge in [0.2, 0.25) is 0 Å². The summed E-state index contributed by atoms with van der Waals surface area (Å²) in [4.78, 5) is 19.0. The lowest BCUT2D eigenvalue weighted by molar-refractivity contribution is -0.162. The molecule has 1 atom stereocenters. The zero-order valence-electron chi connectivity index (χ0n) is 16.4. The summed E-state index contributed by atoms with van der Waals surface area (Å²) in [7, 11) is -3.69. The molecule has 0 saturated carbocycles. The van der Waals surface area contributed by atoms with E-state index in [2.05, 4.69) is 9.71 Å². The number of carbonyl (C=O) groups excluding carboxylic acids is 1. The topological polar surface area (TPSA) is 88.6 Å². The lowest BCUT2D eigenvalue weighted by Crippen LogP contribution is -2.51. The summed E-state index contributed by atoms with van der Waals surface area (Å²) in [6.45, 7) is 3.54. The van der Waals surface area contributed by atoms with Crippen molar-refractivity contribution >= 4 is 21.6 Å². The Morgan fingerprint density at radius 2 is 2.10 bits per heavy atom. The van der Waals surface area contributed by atoms with Crippen LogP contribution in [0.3, 0.4) is 0 Å². The van der Waals surface area contributed by atoms with Crippen molar-refractivity contribution in [2.75, 3.05) is 17.9 Å². The fourth-order valence-electron chi connectivity index (χ4n) is 3.94. The molecule has 29 heavy (non-hydrogen) atoms. The summed E-state index contributed by atoms with van der Waals surface area (Å²) in [6, 6.07) is 8.42. The Morgan fingerprint density at radius 3 is 2.83 bits per heavy atom. The van der Waals surface area contributed by atoms with Crippen LogP contribution >= 0.6 is 0 Å². The number of pyridine rings is 1. The molecule has 3 heterocycles. The number of hydrogen-bond acceptors (Lipinski definition) is 5. The van der Waals surface area contributed by atoms with Crippen molar-refractivity contribution in [2.45, 2.75) is 49.6 Å². The van der Waals surface area contributed by atoms with Gasteiger partial charge in [0.15, 0.2) is 0 Å². The smallest absolute Gasteiger partial charge is 0.261 e. The average Bonchev–Trinajstić information content (AvgIpc) is 2.73. The minimum absolute atomic E-state index is 0.0257. The molecule has 2 aliphatic rings. The van der Waals surface area contributed by atoms with Crippen LogP contribution in [0.2, 0.25) is 0 Å². The second kappa shape index (κ2) is 7.76. The first-order chi connectivity index (χ1) is 13.9. The Balaban J connectivity index is 1.50. The third-order valence-corrected chi connectivity index (χ3v) is 7.00. The number of sulfonamides is 1. The van der Waals surface area contributed by atoms with Crippen LogP contribution < -0.4 is 4.72 Å². The van der Waals surface area contributed by atoms with Crippen molar-refractivity contribution in [2.24, 2.45) is 0 Å². The number of rotatable bonds is 4. The van der Waals surface area contributed by atoms with Crippen LogP contribution in [0.25, 0.3) is 0 Å². The van der Waals surface area contributed by atoms with E-state index in [4.69, 9.17) is 4.74 Å². The quantitative estimate of drug-likeness (QED) is 0.829. The van der Waals surface area contributed by atoms with Crippen LogP contribution in [-0.2, 0) is 32.5 Å². The van der Waals surface area contributed by atoms with Gasteiger partial charge < -0.3 is 9.64 Å². The summed E-state index contributed by atoms with van der Waals surface area (Å²) in [6.07, 6.45) is 6.41. The van der Waals surface area contributed by atoms with Gasteiger partial charge in [-0.25, -0.2) is 8.42 Å². The molecule has 1 aromatic heterocycles. The maximum Gasteiger partial charge on any atom is 0.261 e. The molecule has 1 unspecified atom stereocenters. The van der Waals surface area contributed by atoms with E-state index in [9.17, 15) is 13.2 Å². The van der Waals surface area contributed by atoms with Gasteiger partial charge in [-0.2, -0.15) is 0 Å². The Labute approximate surface area is 171 Å². The number of ether oxygens (including phenoxy) is 1. The first kappa shape index (κ1) is 19.8. The highest BCUT2D eigenvalue weighted by molar-refractivity contribution is 7.92. The summed E-state index contributed by atoms with van der Waals surface area (Å²) >= 11 is 0. The monoisotopic (exact) mass is 415 g/mol. The Morgan fingerprint density at radius 1 is 1.24 bits per heavy atom. The first-order valence-electron chi connectivity index (χ1n) is 9.85. The van der Waals surface area contributed by atoms with Gasteiger partial charge in [0.05, 0.1) is 16.8 Å². The van der Waals surface area contributed by atoms with Gasteiger partial charge in [0.1, 0.15) is 5.60 Å². The van der Waals surface area contributed by atoms with Crippen molar-refractivity contribution in [3.63, 3.8) is 0 Å². The van der Waals surface area contributed by atoms with Crippen molar-refractivity contribution in [1.29, 1.82) is 0 Å². The van der Waals surface area contributed by atoms with Crippen LogP contribution in [0, 0.1) is 0 Å². The summed E-state index contributed by atoms with van der Waals surface area (Å²) in [5.74, 6) is 0.0257. The average molecular weight is 416 g/mol. The zero-order chi connectivity index (χ0) is 20.5. The largest absolute Gasteiger partial charge is 0.365 e. The van der Waals surface area contributed by atoms with E-state index in [0.29, 0.717) is 31.8 Å². The molecule has 0 bridgehead atoms. The van der Waals surface area contributed by atoms with E-state index in [0.717, 1.165) is 30.4 Å². The summed E-state index contributed by atoms with van der Waals surface area (Å²) in [5, 5.41) is 0. The Bertz CT molecular complexity index is 1000. The molecule has 0 radical (unpaired) electrons.